The fourth-order valence-corrected chi connectivity index (χ4v) is 3.60. The lowest BCUT2D eigenvalue weighted by atomic mass is 10.1. The zero-order chi connectivity index (χ0) is 17.3. The summed E-state index contributed by atoms with van der Waals surface area (Å²) in [5.74, 6) is -0.497. The van der Waals surface area contributed by atoms with Crippen molar-refractivity contribution in [1.82, 2.24) is 0 Å². The number of carbonyl (C=O) groups excluding carboxylic acids is 2. The Hall–Kier alpha value is -2.14. The summed E-state index contributed by atoms with van der Waals surface area (Å²) in [5, 5.41) is 3.29. The molecule has 0 spiro atoms. The maximum atomic E-state index is 12.8. The molecule has 1 N–H and O–H groups in total. The number of hydrogen-bond acceptors (Lipinski definition) is 3. The number of carbonyl (C=O) groups is 2. The van der Waals surface area contributed by atoms with Gasteiger partial charge in [0.2, 0.25) is 11.8 Å². The van der Waals surface area contributed by atoms with Crippen LogP contribution in [0.2, 0.25) is 0 Å². The third-order valence-electron chi connectivity index (χ3n) is 4.10. The topological polar surface area (TPSA) is 49.4 Å². The Kier molecular flexibility index (Phi) is 4.71. The molecule has 4 nitrogen and oxygen atoms in total. The number of rotatable bonds is 3. The minimum atomic E-state index is -0.276. The summed E-state index contributed by atoms with van der Waals surface area (Å²) >= 11 is 3.48. The normalized spacial score (nSPS) is 12.5. The molecule has 24 heavy (non-hydrogen) atoms. The smallest absolute Gasteiger partial charge is 0.238 e. The summed E-state index contributed by atoms with van der Waals surface area (Å²) in [5.41, 5.74) is 4.63. The van der Waals surface area contributed by atoms with E-state index in [1.807, 2.05) is 43.3 Å². The van der Waals surface area contributed by atoms with Crippen molar-refractivity contribution in [2.45, 2.75) is 26.7 Å². The van der Waals surface area contributed by atoms with E-state index >= 15 is 0 Å². The van der Waals surface area contributed by atoms with Crippen molar-refractivity contribution in [3.8, 4) is 0 Å². The predicted molar refractivity (Wildman–Crippen MR) is 99.4 cm³/mol. The molecule has 0 unspecified atom stereocenters. The van der Waals surface area contributed by atoms with Gasteiger partial charge in [-0.1, -0.05) is 45.8 Å². The minimum Gasteiger partial charge on any atom is -0.383 e. The van der Waals surface area contributed by atoms with Crippen LogP contribution in [-0.4, -0.2) is 18.4 Å². The van der Waals surface area contributed by atoms with Crippen molar-refractivity contribution in [2.75, 3.05) is 16.8 Å². The molecular weight excluding hydrogens is 368 g/mol. The van der Waals surface area contributed by atoms with Gasteiger partial charge >= 0.3 is 0 Å². The van der Waals surface area contributed by atoms with Gasteiger partial charge in [0, 0.05) is 17.9 Å². The molecule has 124 valence electrons. The molecule has 5 heteroatoms. The first kappa shape index (κ1) is 16.7. The summed E-state index contributed by atoms with van der Waals surface area (Å²) < 4.78 is 0.870. The van der Waals surface area contributed by atoms with Crippen LogP contribution in [0.5, 0.6) is 0 Å². The van der Waals surface area contributed by atoms with Gasteiger partial charge in [-0.2, -0.15) is 0 Å². The molecule has 0 saturated carbocycles. The van der Waals surface area contributed by atoms with Gasteiger partial charge in [-0.3, -0.25) is 9.59 Å². The Labute approximate surface area is 150 Å². The average molecular weight is 387 g/mol. The Morgan fingerprint density at radius 3 is 2.75 bits per heavy atom. The average Bonchev–Trinajstić information content (AvgIpc) is 2.95. The first-order valence-electron chi connectivity index (χ1n) is 7.91. The molecule has 2 aromatic carbocycles. The summed E-state index contributed by atoms with van der Waals surface area (Å²) in [7, 11) is 0. The standard InChI is InChI=1S/C19H19BrN2O2/c1-12-4-3-5-14(8-12)9-18(24)22(13(2)23)17-11-16(20)10-15-6-7-21-19(15)17/h3-5,8,10-11,21H,6-7,9H2,1-2H3. The van der Waals surface area contributed by atoms with Crippen molar-refractivity contribution < 1.29 is 9.59 Å². The highest BCUT2D eigenvalue weighted by molar-refractivity contribution is 9.10. The number of hydrogen-bond donors (Lipinski definition) is 1. The van der Waals surface area contributed by atoms with Crippen LogP contribution in [0.1, 0.15) is 23.6 Å². The molecule has 0 fully saturated rings. The molecule has 0 radical (unpaired) electrons. The van der Waals surface area contributed by atoms with Gasteiger partial charge in [0.25, 0.3) is 0 Å². The summed E-state index contributed by atoms with van der Waals surface area (Å²) in [6.45, 7) is 4.23. The Morgan fingerprint density at radius 2 is 2.04 bits per heavy atom. The fraction of sp³-hybridized carbons (Fsp3) is 0.263. The SMILES string of the molecule is CC(=O)N(C(=O)Cc1cccc(C)c1)c1cc(Br)cc2c1NCC2. The van der Waals surface area contributed by atoms with Crippen molar-refractivity contribution in [2.24, 2.45) is 0 Å². The summed E-state index contributed by atoms with van der Waals surface area (Å²) in [4.78, 5) is 26.3. The molecule has 1 aliphatic heterocycles. The number of anilines is 2. The van der Waals surface area contributed by atoms with E-state index in [4.69, 9.17) is 0 Å². The zero-order valence-corrected chi connectivity index (χ0v) is 15.3. The maximum absolute atomic E-state index is 12.8. The van der Waals surface area contributed by atoms with Gasteiger partial charge in [-0.25, -0.2) is 4.90 Å². The lowest BCUT2D eigenvalue weighted by Crippen LogP contribution is -2.36. The molecule has 1 aliphatic rings. The second-order valence-electron chi connectivity index (χ2n) is 6.05. The fourth-order valence-electron chi connectivity index (χ4n) is 3.10. The van der Waals surface area contributed by atoms with Gasteiger partial charge in [-0.15, -0.1) is 0 Å². The lowest BCUT2D eigenvalue weighted by Gasteiger charge is -2.22. The van der Waals surface area contributed by atoms with E-state index in [-0.39, 0.29) is 18.2 Å². The largest absolute Gasteiger partial charge is 0.383 e. The number of fused-ring (bicyclic) bond motifs is 1. The van der Waals surface area contributed by atoms with Gasteiger partial charge < -0.3 is 5.32 Å². The van der Waals surface area contributed by atoms with Crippen LogP contribution in [0.25, 0.3) is 0 Å². The molecule has 3 rings (SSSR count). The minimum absolute atomic E-state index is 0.197. The highest BCUT2D eigenvalue weighted by Gasteiger charge is 2.26. The number of nitrogens with zero attached hydrogens (tertiary/aromatic N) is 1. The Morgan fingerprint density at radius 1 is 1.25 bits per heavy atom. The highest BCUT2D eigenvalue weighted by Crippen LogP contribution is 2.37. The molecule has 0 bridgehead atoms. The van der Waals surface area contributed by atoms with Crippen molar-refractivity contribution >= 4 is 39.1 Å². The van der Waals surface area contributed by atoms with Gasteiger partial charge in [0.1, 0.15) is 0 Å². The van der Waals surface area contributed by atoms with Crippen molar-refractivity contribution in [3.05, 3.63) is 57.6 Å². The second kappa shape index (κ2) is 6.77. The van der Waals surface area contributed by atoms with Crippen molar-refractivity contribution in [3.63, 3.8) is 0 Å². The van der Waals surface area contributed by atoms with E-state index in [2.05, 4.69) is 21.2 Å². The predicted octanol–water partition coefficient (Wildman–Crippen LogP) is 3.85. The molecule has 0 saturated heterocycles. The van der Waals surface area contributed by atoms with Gasteiger partial charge in [0.15, 0.2) is 0 Å². The zero-order valence-electron chi connectivity index (χ0n) is 13.7. The van der Waals surface area contributed by atoms with Crippen LogP contribution in [0.15, 0.2) is 40.9 Å². The van der Waals surface area contributed by atoms with Crippen LogP contribution >= 0.6 is 15.9 Å². The molecule has 2 aromatic rings. The Balaban J connectivity index is 1.96. The number of imide groups is 1. The number of benzene rings is 2. The van der Waals surface area contributed by atoms with Crippen LogP contribution in [0, 0.1) is 6.92 Å². The van der Waals surface area contributed by atoms with E-state index < -0.39 is 0 Å². The summed E-state index contributed by atoms with van der Waals surface area (Å²) in [6, 6.07) is 11.7. The van der Waals surface area contributed by atoms with E-state index in [9.17, 15) is 9.59 Å². The monoisotopic (exact) mass is 386 g/mol. The maximum Gasteiger partial charge on any atom is 0.238 e. The number of aryl methyl sites for hydroxylation is 1. The summed E-state index contributed by atoms with van der Waals surface area (Å²) in [6.07, 6.45) is 1.09. The van der Waals surface area contributed by atoms with E-state index in [0.717, 1.165) is 39.8 Å². The molecule has 2 amide bonds. The number of halogens is 1. The first-order valence-corrected chi connectivity index (χ1v) is 8.70. The second-order valence-corrected chi connectivity index (χ2v) is 6.97. The van der Waals surface area contributed by atoms with Crippen LogP contribution in [0.3, 0.4) is 0 Å². The quantitative estimate of drug-likeness (QED) is 0.871. The molecule has 0 aliphatic carbocycles. The van der Waals surface area contributed by atoms with E-state index in [1.165, 1.54) is 11.8 Å². The van der Waals surface area contributed by atoms with Gasteiger partial charge in [0.05, 0.1) is 17.8 Å². The molecule has 0 aromatic heterocycles. The third kappa shape index (κ3) is 3.36. The van der Waals surface area contributed by atoms with Crippen LogP contribution < -0.4 is 10.2 Å². The van der Waals surface area contributed by atoms with Crippen LogP contribution in [0.4, 0.5) is 11.4 Å². The van der Waals surface area contributed by atoms with E-state index in [0.29, 0.717) is 5.69 Å². The Bertz CT molecular complexity index is 817. The van der Waals surface area contributed by atoms with Crippen LogP contribution in [-0.2, 0) is 22.4 Å². The van der Waals surface area contributed by atoms with Crippen molar-refractivity contribution in [1.29, 1.82) is 0 Å². The highest BCUT2D eigenvalue weighted by atomic mass is 79.9. The molecule has 0 atom stereocenters. The van der Waals surface area contributed by atoms with Gasteiger partial charge in [-0.05, 0) is 36.6 Å². The van der Waals surface area contributed by atoms with E-state index in [1.54, 1.807) is 0 Å². The first-order chi connectivity index (χ1) is 11.5. The molecule has 1 heterocycles. The molecular formula is C19H19BrN2O2. The number of nitrogens with one attached hydrogen (secondary N) is 1. The third-order valence-corrected chi connectivity index (χ3v) is 4.56. The number of amides is 2. The lowest BCUT2D eigenvalue weighted by molar-refractivity contribution is -0.125.